The molecule has 1 aliphatic heterocycles. The molecular weight excluding hydrogens is 380 g/mol. The van der Waals surface area contributed by atoms with Gasteiger partial charge in [0.25, 0.3) is 0 Å². The molecule has 0 saturated heterocycles. The van der Waals surface area contributed by atoms with Crippen LogP contribution in [0.3, 0.4) is 0 Å². The number of likely N-dealkylation sites (N-methyl/N-ethyl adjacent to an activating group) is 2. The van der Waals surface area contributed by atoms with E-state index in [1.165, 1.54) is 19.2 Å². The lowest BCUT2D eigenvalue weighted by Gasteiger charge is -2.27. The monoisotopic (exact) mass is 404 g/mol. The van der Waals surface area contributed by atoms with E-state index in [1.54, 1.807) is 23.1 Å². The first-order chi connectivity index (χ1) is 13.4. The van der Waals surface area contributed by atoms with Gasteiger partial charge in [0, 0.05) is 25.7 Å². The second-order valence-corrected chi connectivity index (χ2v) is 8.47. The Kier molecular flexibility index (Phi) is 6.21. The SMILES string of the molecule is CCN(Cc1cccc2c1OCCO2)C(=O)CN(C)S(=O)(=O)c1ccccc1. The summed E-state index contributed by atoms with van der Waals surface area (Å²) in [5.41, 5.74) is 0.834. The smallest absolute Gasteiger partial charge is 0.243 e. The van der Waals surface area contributed by atoms with Crippen molar-refractivity contribution in [1.82, 2.24) is 9.21 Å². The van der Waals surface area contributed by atoms with Gasteiger partial charge >= 0.3 is 0 Å². The van der Waals surface area contributed by atoms with Crippen LogP contribution in [0.2, 0.25) is 0 Å². The molecule has 2 aromatic rings. The number of nitrogens with zero attached hydrogens (tertiary/aromatic N) is 2. The van der Waals surface area contributed by atoms with Gasteiger partial charge in [-0.2, -0.15) is 4.31 Å². The van der Waals surface area contributed by atoms with Crippen molar-refractivity contribution in [1.29, 1.82) is 0 Å². The summed E-state index contributed by atoms with van der Waals surface area (Å²) in [6.45, 7) is 3.34. The van der Waals surface area contributed by atoms with Gasteiger partial charge in [0.2, 0.25) is 15.9 Å². The van der Waals surface area contributed by atoms with Crippen LogP contribution < -0.4 is 9.47 Å². The van der Waals surface area contributed by atoms with Crippen molar-refractivity contribution in [2.45, 2.75) is 18.4 Å². The van der Waals surface area contributed by atoms with Gasteiger partial charge in [0.15, 0.2) is 11.5 Å². The fourth-order valence-corrected chi connectivity index (χ4v) is 4.13. The van der Waals surface area contributed by atoms with Crippen LogP contribution in [0, 0.1) is 0 Å². The molecule has 150 valence electrons. The quantitative estimate of drug-likeness (QED) is 0.707. The molecule has 0 atom stereocenters. The van der Waals surface area contributed by atoms with E-state index in [9.17, 15) is 13.2 Å². The van der Waals surface area contributed by atoms with Gasteiger partial charge in [-0.25, -0.2) is 8.42 Å². The molecule has 1 amide bonds. The molecule has 0 spiro atoms. The Morgan fingerprint density at radius 3 is 2.46 bits per heavy atom. The zero-order chi connectivity index (χ0) is 20.1. The van der Waals surface area contributed by atoms with Crippen molar-refractivity contribution in [2.24, 2.45) is 0 Å². The van der Waals surface area contributed by atoms with Crippen LogP contribution in [0.4, 0.5) is 0 Å². The molecule has 0 fully saturated rings. The lowest BCUT2D eigenvalue weighted by molar-refractivity contribution is -0.131. The molecule has 8 heteroatoms. The molecule has 28 heavy (non-hydrogen) atoms. The van der Waals surface area contributed by atoms with E-state index in [1.807, 2.05) is 25.1 Å². The van der Waals surface area contributed by atoms with Gasteiger partial charge in [-0.05, 0) is 25.1 Å². The molecule has 1 heterocycles. The third-order valence-electron chi connectivity index (χ3n) is 4.55. The van der Waals surface area contributed by atoms with Crippen LogP contribution in [0.5, 0.6) is 11.5 Å². The number of benzene rings is 2. The van der Waals surface area contributed by atoms with Crippen LogP contribution in [-0.2, 0) is 21.4 Å². The average Bonchev–Trinajstić information content (AvgIpc) is 2.72. The van der Waals surface area contributed by atoms with Crippen LogP contribution in [0.15, 0.2) is 53.4 Å². The molecule has 0 unspecified atom stereocenters. The van der Waals surface area contributed by atoms with Crippen molar-refractivity contribution in [3.05, 3.63) is 54.1 Å². The number of fused-ring (bicyclic) bond motifs is 1. The highest BCUT2D eigenvalue weighted by Gasteiger charge is 2.26. The summed E-state index contributed by atoms with van der Waals surface area (Å²) >= 11 is 0. The predicted octanol–water partition coefficient (Wildman–Crippen LogP) is 2.13. The normalized spacial score (nSPS) is 13.4. The molecule has 0 bridgehead atoms. The van der Waals surface area contributed by atoms with Gasteiger partial charge in [0.1, 0.15) is 13.2 Å². The van der Waals surface area contributed by atoms with E-state index in [0.29, 0.717) is 37.8 Å². The number of rotatable bonds is 7. The molecule has 0 saturated carbocycles. The Bertz CT molecular complexity index is 931. The number of amides is 1. The third kappa shape index (κ3) is 4.28. The molecule has 2 aromatic carbocycles. The largest absolute Gasteiger partial charge is 0.486 e. The number of hydrogen-bond acceptors (Lipinski definition) is 5. The van der Waals surface area contributed by atoms with Gasteiger partial charge in [-0.3, -0.25) is 4.79 Å². The predicted molar refractivity (Wildman–Crippen MR) is 105 cm³/mol. The zero-order valence-corrected chi connectivity index (χ0v) is 16.8. The fourth-order valence-electron chi connectivity index (χ4n) is 2.99. The summed E-state index contributed by atoms with van der Waals surface area (Å²) in [6.07, 6.45) is 0. The Hall–Kier alpha value is -2.58. The van der Waals surface area contributed by atoms with Gasteiger partial charge < -0.3 is 14.4 Å². The van der Waals surface area contributed by atoms with Crippen molar-refractivity contribution >= 4 is 15.9 Å². The van der Waals surface area contributed by atoms with E-state index < -0.39 is 10.0 Å². The molecule has 0 aliphatic carbocycles. The standard InChI is InChI=1S/C20H24N2O5S/c1-3-22(14-16-8-7-11-18-20(16)27-13-12-26-18)19(23)15-21(2)28(24,25)17-9-5-4-6-10-17/h4-11H,3,12-15H2,1-2H3. The second kappa shape index (κ2) is 8.62. The molecule has 7 nitrogen and oxygen atoms in total. The molecule has 0 N–H and O–H groups in total. The minimum atomic E-state index is -3.72. The Balaban J connectivity index is 1.72. The van der Waals surface area contributed by atoms with E-state index >= 15 is 0 Å². The van der Waals surface area contributed by atoms with Crippen LogP contribution in [-0.4, -0.2) is 56.9 Å². The Morgan fingerprint density at radius 1 is 1.04 bits per heavy atom. The Labute approximate surface area is 165 Å². The average molecular weight is 404 g/mol. The highest BCUT2D eigenvalue weighted by molar-refractivity contribution is 7.89. The van der Waals surface area contributed by atoms with Crippen molar-refractivity contribution in [3.63, 3.8) is 0 Å². The summed E-state index contributed by atoms with van der Waals surface area (Å²) in [5, 5.41) is 0. The minimum Gasteiger partial charge on any atom is -0.486 e. The number of para-hydroxylation sites is 1. The van der Waals surface area contributed by atoms with E-state index in [0.717, 1.165) is 9.87 Å². The molecule has 0 aromatic heterocycles. The van der Waals surface area contributed by atoms with E-state index in [2.05, 4.69) is 0 Å². The second-order valence-electron chi connectivity index (χ2n) is 6.42. The molecule has 3 rings (SSSR count). The van der Waals surface area contributed by atoms with Crippen molar-refractivity contribution in [3.8, 4) is 11.5 Å². The number of carbonyl (C=O) groups is 1. The summed E-state index contributed by atoms with van der Waals surface area (Å²) < 4.78 is 37.7. The van der Waals surface area contributed by atoms with Gasteiger partial charge in [-0.1, -0.05) is 30.3 Å². The first-order valence-corrected chi connectivity index (χ1v) is 10.5. The zero-order valence-electron chi connectivity index (χ0n) is 16.0. The van der Waals surface area contributed by atoms with Crippen LogP contribution in [0.25, 0.3) is 0 Å². The van der Waals surface area contributed by atoms with E-state index in [4.69, 9.17) is 9.47 Å². The topological polar surface area (TPSA) is 76.2 Å². The number of sulfonamides is 1. The van der Waals surface area contributed by atoms with Crippen LogP contribution >= 0.6 is 0 Å². The maximum absolute atomic E-state index is 12.8. The maximum atomic E-state index is 12.8. The van der Waals surface area contributed by atoms with Crippen molar-refractivity contribution in [2.75, 3.05) is 33.4 Å². The first kappa shape index (κ1) is 20.2. The van der Waals surface area contributed by atoms with Crippen LogP contribution in [0.1, 0.15) is 12.5 Å². The lowest BCUT2D eigenvalue weighted by Crippen LogP contribution is -2.40. The number of ether oxygens (including phenoxy) is 2. The summed E-state index contributed by atoms with van der Waals surface area (Å²) in [4.78, 5) is 14.5. The summed E-state index contributed by atoms with van der Waals surface area (Å²) in [7, 11) is -2.31. The molecule has 1 aliphatic rings. The number of hydrogen-bond donors (Lipinski definition) is 0. The lowest BCUT2D eigenvalue weighted by atomic mass is 10.1. The minimum absolute atomic E-state index is 0.163. The Morgan fingerprint density at radius 2 is 1.75 bits per heavy atom. The van der Waals surface area contributed by atoms with Crippen molar-refractivity contribution < 1.29 is 22.7 Å². The molecular formula is C20H24N2O5S. The first-order valence-electron chi connectivity index (χ1n) is 9.10. The maximum Gasteiger partial charge on any atom is 0.243 e. The summed E-state index contributed by atoms with van der Waals surface area (Å²) in [6, 6.07) is 13.7. The highest BCUT2D eigenvalue weighted by atomic mass is 32.2. The number of carbonyl (C=O) groups excluding carboxylic acids is 1. The van der Waals surface area contributed by atoms with Gasteiger partial charge in [0.05, 0.1) is 11.4 Å². The highest BCUT2D eigenvalue weighted by Crippen LogP contribution is 2.34. The van der Waals surface area contributed by atoms with E-state index in [-0.39, 0.29) is 17.3 Å². The third-order valence-corrected chi connectivity index (χ3v) is 6.37. The fraction of sp³-hybridized carbons (Fsp3) is 0.350. The summed E-state index contributed by atoms with van der Waals surface area (Å²) in [5.74, 6) is 1.03. The molecule has 0 radical (unpaired) electrons. The van der Waals surface area contributed by atoms with Gasteiger partial charge in [-0.15, -0.1) is 0 Å².